The molecule has 0 atom stereocenters. The van der Waals surface area contributed by atoms with Crippen LogP contribution in [0.15, 0.2) is 61.2 Å². The molecule has 0 saturated carbocycles. The summed E-state index contributed by atoms with van der Waals surface area (Å²) in [4.78, 5) is 19.2. The number of rotatable bonds is 5. The molecule has 4 aromatic heterocycles. The molecule has 9 nitrogen and oxygen atoms in total. The van der Waals surface area contributed by atoms with Crippen molar-refractivity contribution in [1.82, 2.24) is 24.1 Å². The molecule has 124 valence electrons. The summed E-state index contributed by atoms with van der Waals surface area (Å²) >= 11 is 0. The third kappa shape index (κ3) is 2.90. The van der Waals surface area contributed by atoms with Gasteiger partial charge in [-0.25, -0.2) is 0 Å². The van der Waals surface area contributed by atoms with Crippen LogP contribution in [0.2, 0.25) is 0 Å². The van der Waals surface area contributed by atoms with Crippen molar-refractivity contribution >= 4 is 23.1 Å². The highest BCUT2D eigenvalue weighted by molar-refractivity contribution is 5.67. The van der Waals surface area contributed by atoms with Gasteiger partial charge in [-0.3, -0.25) is 9.67 Å². The van der Waals surface area contributed by atoms with Gasteiger partial charge in [-0.15, -0.1) is 0 Å². The SMILES string of the molecule is O=[N+]([O-])c1c(Nc2ccn(Cc3ccncc3)n2)nc2ccccn12. The first-order valence-corrected chi connectivity index (χ1v) is 7.51. The van der Waals surface area contributed by atoms with Crippen molar-refractivity contribution < 1.29 is 4.92 Å². The predicted octanol–water partition coefficient (Wildman–Crippen LogP) is 2.63. The van der Waals surface area contributed by atoms with Crippen LogP contribution in [0.1, 0.15) is 5.56 Å². The Balaban J connectivity index is 1.62. The maximum absolute atomic E-state index is 11.4. The summed E-state index contributed by atoms with van der Waals surface area (Å²) in [6, 6.07) is 10.8. The summed E-state index contributed by atoms with van der Waals surface area (Å²) in [6.07, 6.45) is 6.84. The summed E-state index contributed by atoms with van der Waals surface area (Å²) < 4.78 is 3.16. The quantitative estimate of drug-likeness (QED) is 0.444. The molecule has 0 aliphatic carbocycles. The molecule has 0 amide bonds. The Morgan fingerprint density at radius 2 is 1.96 bits per heavy atom. The van der Waals surface area contributed by atoms with Crippen molar-refractivity contribution in [3.63, 3.8) is 0 Å². The number of nitrogens with zero attached hydrogens (tertiary/aromatic N) is 6. The van der Waals surface area contributed by atoms with E-state index in [1.807, 2.05) is 12.1 Å². The van der Waals surface area contributed by atoms with Gasteiger partial charge >= 0.3 is 5.82 Å². The van der Waals surface area contributed by atoms with Crippen molar-refractivity contribution in [3.05, 3.63) is 76.9 Å². The first-order chi connectivity index (χ1) is 12.2. The van der Waals surface area contributed by atoms with E-state index in [2.05, 4.69) is 20.4 Å². The van der Waals surface area contributed by atoms with E-state index < -0.39 is 4.92 Å². The Kier molecular flexibility index (Phi) is 3.58. The van der Waals surface area contributed by atoms with Gasteiger partial charge in [0.1, 0.15) is 0 Å². The average Bonchev–Trinajstić information content (AvgIpc) is 3.19. The number of pyridine rings is 2. The van der Waals surface area contributed by atoms with Crippen LogP contribution in [-0.4, -0.2) is 29.1 Å². The number of fused-ring (bicyclic) bond motifs is 1. The smallest absolute Gasteiger partial charge is 0.358 e. The van der Waals surface area contributed by atoms with Crippen LogP contribution in [0, 0.1) is 10.1 Å². The fraction of sp³-hybridized carbons (Fsp3) is 0.0625. The van der Waals surface area contributed by atoms with Gasteiger partial charge in [-0.05, 0) is 28.7 Å². The number of nitro groups is 1. The molecule has 4 rings (SSSR count). The highest BCUT2D eigenvalue weighted by Crippen LogP contribution is 2.27. The minimum absolute atomic E-state index is 0.126. The zero-order valence-electron chi connectivity index (χ0n) is 13.0. The van der Waals surface area contributed by atoms with E-state index in [4.69, 9.17) is 0 Å². The van der Waals surface area contributed by atoms with Crippen molar-refractivity contribution in [3.8, 4) is 0 Å². The highest BCUT2D eigenvalue weighted by atomic mass is 16.6. The van der Waals surface area contributed by atoms with Gasteiger partial charge in [-0.1, -0.05) is 6.07 Å². The van der Waals surface area contributed by atoms with E-state index in [1.54, 1.807) is 53.7 Å². The van der Waals surface area contributed by atoms with E-state index in [9.17, 15) is 10.1 Å². The largest absolute Gasteiger partial charge is 0.372 e. The number of hydrogen-bond acceptors (Lipinski definition) is 6. The molecule has 0 aromatic carbocycles. The van der Waals surface area contributed by atoms with Crippen LogP contribution in [0.4, 0.5) is 17.5 Å². The highest BCUT2D eigenvalue weighted by Gasteiger charge is 2.22. The monoisotopic (exact) mass is 335 g/mol. The second-order valence-electron chi connectivity index (χ2n) is 5.35. The minimum Gasteiger partial charge on any atom is -0.358 e. The zero-order chi connectivity index (χ0) is 17.2. The molecule has 0 unspecified atom stereocenters. The van der Waals surface area contributed by atoms with Crippen molar-refractivity contribution in [1.29, 1.82) is 0 Å². The standard InChI is InChI=1S/C16H13N7O2/c24-23(25)16-15(19-14-3-1-2-9-22(14)16)18-13-6-10-21(20-13)11-12-4-7-17-8-5-12/h1-10H,11H2,(H,18,20). The number of nitrogens with one attached hydrogen (secondary N) is 1. The minimum atomic E-state index is -0.462. The van der Waals surface area contributed by atoms with Crippen molar-refractivity contribution in [2.45, 2.75) is 6.54 Å². The number of aromatic nitrogens is 5. The maximum Gasteiger partial charge on any atom is 0.372 e. The van der Waals surface area contributed by atoms with Gasteiger partial charge in [-0.2, -0.15) is 14.5 Å². The summed E-state index contributed by atoms with van der Waals surface area (Å²) in [5, 5.41) is 18.7. The molecule has 25 heavy (non-hydrogen) atoms. The zero-order valence-corrected chi connectivity index (χ0v) is 13.0. The normalized spacial score (nSPS) is 10.9. The number of anilines is 2. The molecule has 4 heterocycles. The molecule has 0 aliphatic rings. The lowest BCUT2D eigenvalue weighted by molar-refractivity contribution is -0.389. The maximum atomic E-state index is 11.4. The average molecular weight is 335 g/mol. The molecule has 0 bridgehead atoms. The molecule has 1 N–H and O–H groups in total. The summed E-state index contributed by atoms with van der Waals surface area (Å²) in [7, 11) is 0. The van der Waals surface area contributed by atoms with E-state index in [0.717, 1.165) is 5.56 Å². The molecule has 0 fully saturated rings. The number of imidazole rings is 1. The number of hydrogen-bond donors (Lipinski definition) is 1. The third-order valence-electron chi connectivity index (χ3n) is 3.66. The van der Waals surface area contributed by atoms with Crippen LogP contribution >= 0.6 is 0 Å². The van der Waals surface area contributed by atoms with Gasteiger partial charge < -0.3 is 15.4 Å². The van der Waals surface area contributed by atoms with Gasteiger partial charge in [0.05, 0.1) is 12.7 Å². The fourth-order valence-electron chi connectivity index (χ4n) is 2.55. The molecular weight excluding hydrogens is 322 g/mol. The van der Waals surface area contributed by atoms with E-state index in [0.29, 0.717) is 18.0 Å². The van der Waals surface area contributed by atoms with Gasteiger partial charge in [0.15, 0.2) is 5.82 Å². The molecule has 4 aromatic rings. The van der Waals surface area contributed by atoms with Gasteiger partial charge in [0, 0.05) is 30.7 Å². The summed E-state index contributed by atoms with van der Waals surface area (Å²) in [5.74, 6) is 0.519. The lowest BCUT2D eigenvalue weighted by Crippen LogP contribution is -2.02. The van der Waals surface area contributed by atoms with Crippen molar-refractivity contribution in [2.24, 2.45) is 0 Å². The Bertz CT molecular complexity index is 1040. The first-order valence-electron chi connectivity index (χ1n) is 7.51. The van der Waals surface area contributed by atoms with Crippen LogP contribution in [0.5, 0.6) is 0 Å². The van der Waals surface area contributed by atoms with Gasteiger partial charge in [0.25, 0.3) is 0 Å². The van der Waals surface area contributed by atoms with Crippen LogP contribution < -0.4 is 5.32 Å². The van der Waals surface area contributed by atoms with Crippen molar-refractivity contribution in [2.75, 3.05) is 5.32 Å². The molecule has 0 radical (unpaired) electrons. The molecule has 0 spiro atoms. The molecule has 0 aliphatic heterocycles. The van der Waals surface area contributed by atoms with E-state index in [1.165, 1.54) is 4.40 Å². The predicted molar refractivity (Wildman–Crippen MR) is 90.7 cm³/mol. The second kappa shape index (κ2) is 6.04. The Morgan fingerprint density at radius 1 is 1.12 bits per heavy atom. The lowest BCUT2D eigenvalue weighted by atomic mass is 10.3. The molecule has 0 saturated heterocycles. The topological polar surface area (TPSA) is 103 Å². The Hall–Kier alpha value is -3.75. The first kappa shape index (κ1) is 14.8. The third-order valence-corrected chi connectivity index (χ3v) is 3.66. The summed E-state index contributed by atoms with van der Waals surface area (Å²) in [5.41, 5.74) is 1.55. The molecule has 9 heteroatoms. The Labute approximate surface area is 141 Å². The molecular formula is C16H13N7O2. The second-order valence-corrected chi connectivity index (χ2v) is 5.35. The van der Waals surface area contributed by atoms with Crippen LogP contribution in [0.3, 0.4) is 0 Å². The van der Waals surface area contributed by atoms with Crippen LogP contribution in [0.25, 0.3) is 5.65 Å². The fourth-order valence-corrected chi connectivity index (χ4v) is 2.55. The van der Waals surface area contributed by atoms with Crippen LogP contribution in [-0.2, 0) is 6.54 Å². The summed E-state index contributed by atoms with van der Waals surface area (Å²) in [6.45, 7) is 0.581. The lowest BCUT2D eigenvalue weighted by Gasteiger charge is -2.02. The van der Waals surface area contributed by atoms with E-state index >= 15 is 0 Å². The van der Waals surface area contributed by atoms with Gasteiger partial charge in [0.2, 0.25) is 11.5 Å². The van der Waals surface area contributed by atoms with E-state index in [-0.39, 0.29) is 11.6 Å². The Morgan fingerprint density at radius 3 is 2.76 bits per heavy atom.